The highest BCUT2D eigenvalue weighted by atomic mass is 16.3. The molecule has 2 aromatic carbocycles. The third-order valence-corrected chi connectivity index (χ3v) is 3.03. The van der Waals surface area contributed by atoms with Gasteiger partial charge in [-0.1, -0.05) is 24.3 Å². The van der Waals surface area contributed by atoms with E-state index in [1.807, 2.05) is 36.4 Å². The molecule has 0 aromatic heterocycles. The summed E-state index contributed by atoms with van der Waals surface area (Å²) in [6.07, 6.45) is 0.609. The molecule has 5 N–H and O–H groups in total. The number of aliphatic hydroxyl groups excluding tert-OH is 1. The molecule has 0 bridgehead atoms. The van der Waals surface area contributed by atoms with Gasteiger partial charge in [0.25, 0.3) is 0 Å². The second-order valence-corrected chi connectivity index (χ2v) is 4.65. The van der Waals surface area contributed by atoms with E-state index in [0.29, 0.717) is 24.3 Å². The minimum atomic E-state index is -0.306. The summed E-state index contributed by atoms with van der Waals surface area (Å²) in [7, 11) is 0. The maximum absolute atomic E-state index is 11.9. The predicted molar refractivity (Wildman–Crippen MR) is 84.2 cm³/mol. The molecular weight excluding hydrogens is 266 g/mol. The zero-order chi connectivity index (χ0) is 15.1. The quantitative estimate of drug-likeness (QED) is 0.680. The van der Waals surface area contributed by atoms with Gasteiger partial charge in [-0.2, -0.15) is 0 Å². The Balaban J connectivity index is 1.94. The molecule has 0 unspecified atom stereocenters. The lowest BCUT2D eigenvalue weighted by Gasteiger charge is -2.09. The summed E-state index contributed by atoms with van der Waals surface area (Å²) < 4.78 is 0. The van der Waals surface area contributed by atoms with Crippen molar-refractivity contribution in [1.29, 1.82) is 0 Å². The molecule has 2 rings (SSSR count). The molecule has 0 aliphatic carbocycles. The zero-order valence-electron chi connectivity index (χ0n) is 11.7. The highest BCUT2D eigenvalue weighted by molar-refractivity contribution is 5.99. The molecular formula is C16H19N3O2. The van der Waals surface area contributed by atoms with Gasteiger partial charge in [0, 0.05) is 24.5 Å². The lowest BCUT2D eigenvalue weighted by Crippen LogP contribution is -2.19. The summed E-state index contributed by atoms with van der Waals surface area (Å²) in [5.41, 5.74) is 8.95. The number of nitrogens with one attached hydrogen (secondary N) is 2. The van der Waals surface area contributed by atoms with E-state index in [-0.39, 0.29) is 12.6 Å². The zero-order valence-corrected chi connectivity index (χ0v) is 11.7. The number of carbonyl (C=O) groups is 1. The lowest BCUT2D eigenvalue weighted by molar-refractivity contribution is 0.262. The van der Waals surface area contributed by atoms with Crippen molar-refractivity contribution in [2.45, 2.75) is 13.0 Å². The van der Waals surface area contributed by atoms with Crippen LogP contribution in [0, 0.1) is 0 Å². The number of aliphatic hydroxyl groups is 1. The van der Waals surface area contributed by atoms with E-state index in [9.17, 15) is 4.79 Å². The van der Waals surface area contributed by atoms with Crippen LogP contribution < -0.4 is 16.4 Å². The van der Waals surface area contributed by atoms with Gasteiger partial charge < -0.3 is 21.5 Å². The van der Waals surface area contributed by atoms with Crippen LogP contribution in [0.5, 0.6) is 0 Å². The van der Waals surface area contributed by atoms with Gasteiger partial charge in [0.05, 0.1) is 0 Å². The summed E-state index contributed by atoms with van der Waals surface area (Å²) in [5.74, 6) is 0. The van der Waals surface area contributed by atoms with Crippen molar-refractivity contribution in [3.63, 3.8) is 0 Å². The summed E-state index contributed by atoms with van der Waals surface area (Å²) in [6, 6.07) is 14.5. The first-order valence-electron chi connectivity index (χ1n) is 6.78. The molecule has 0 saturated heterocycles. The Labute approximate surface area is 123 Å². The Morgan fingerprint density at radius 1 is 1.00 bits per heavy atom. The van der Waals surface area contributed by atoms with Crippen LogP contribution in [0.25, 0.3) is 0 Å². The molecule has 5 heteroatoms. The summed E-state index contributed by atoms with van der Waals surface area (Å²) >= 11 is 0. The summed E-state index contributed by atoms with van der Waals surface area (Å²) in [4.78, 5) is 11.9. The molecule has 0 atom stereocenters. The van der Waals surface area contributed by atoms with Gasteiger partial charge in [-0.25, -0.2) is 4.79 Å². The highest BCUT2D eigenvalue weighted by Gasteiger charge is 2.03. The van der Waals surface area contributed by atoms with Crippen LogP contribution in [0.15, 0.2) is 48.5 Å². The van der Waals surface area contributed by atoms with Crippen LogP contribution >= 0.6 is 0 Å². The minimum absolute atomic E-state index is 0.116. The Morgan fingerprint density at radius 2 is 1.71 bits per heavy atom. The molecule has 0 radical (unpaired) electrons. The molecule has 0 heterocycles. The molecule has 0 aliphatic rings. The standard InChI is InChI=1S/C16H19N3O2/c17-11-13-2-1-3-15(10-13)19-16(21)18-14-6-4-12(5-7-14)8-9-20/h1-7,10,20H,8-9,11,17H2,(H2,18,19,21). The van der Waals surface area contributed by atoms with E-state index in [1.165, 1.54) is 0 Å². The van der Waals surface area contributed by atoms with Crippen LogP contribution in [0.2, 0.25) is 0 Å². The molecule has 0 aliphatic heterocycles. The first-order valence-corrected chi connectivity index (χ1v) is 6.78. The number of hydrogen-bond acceptors (Lipinski definition) is 3. The number of nitrogens with two attached hydrogens (primary N) is 1. The maximum atomic E-state index is 11.9. The largest absolute Gasteiger partial charge is 0.396 e. The van der Waals surface area contributed by atoms with Crippen molar-refractivity contribution in [1.82, 2.24) is 0 Å². The van der Waals surface area contributed by atoms with E-state index in [0.717, 1.165) is 11.1 Å². The average Bonchev–Trinajstić information content (AvgIpc) is 2.49. The van der Waals surface area contributed by atoms with Crippen molar-refractivity contribution < 1.29 is 9.90 Å². The fourth-order valence-corrected chi connectivity index (χ4v) is 1.95. The van der Waals surface area contributed by atoms with Crippen LogP contribution in [0.3, 0.4) is 0 Å². The number of hydrogen-bond donors (Lipinski definition) is 4. The van der Waals surface area contributed by atoms with E-state index >= 15 is 0 Å². The van der Waals surface area contributed by atoms with Gasteiger partial charge in [0.15, 0.2) is 0 Å². The molecule has 0 spiro atoms. The SMILES string of the molecule is NCc1cccc(NC(=O)Nc2ccc(CCO)cc2)c1. The molecule has 0 saturated carbocycles. The fraction of sp³-hybridized carbons (Fsp3) is 0.188. The van der Waals surface area contributed by atoms with Crippen LogP contribution in [0.1, 0.15) is 11.1 Å². The Morgan fingerprint density at radius 3 is 2.38 bits per heavy atom. The maximum Gasteiger partial charge on any atom is 0.323 e. The first kappa shape index (κ1) is 15.0. The molecule has 0 fully saturated rings. The number of amides is 2. The second kappa shape index (κ2) is 7.42. The highest BCUT2D eigenvalue weighted by Crippen LogP contribution is 2.13. The van der Waals surface area contributed by atoms with Gasteiger partial charge >= 0.3 is 6.03 Å². The lowest BCUT2D eigenvalue weighted by atomic mass is 10.1. The molecule has 21 heavy (non-hydrogen) atoms. The van der Waals surface area contributed by atoms with Gasteiger partial charge in [0.1, 0.15) is 0 Å². The first-order chi connectivity index (χ1) is 10.2. The topological polar surface area (TPSA) is 87.4 Å². The second-order valence-electron chi connectivity index (χ2n) is 4.65. The predicted octanol–water partition coefficient (Wildman–Crippen LogP) is 2.32. The van der Waals surface area contributed by atoms with Crippen LogP contribution in [0.4, 0.5) is 16.2 Å². The average molecular weight is 285 g/mol. The monoisotopic (exact) mass is 285 g/mol. The van der Waals surface area contributed by atoms with Gasteiger partial charge in [-0.3, -0.25) is 0 Å². The number of urea groups is 1. The normalized spacial score (nSPS) is 10.2. The Bertz CT molecular complexity index is 597. The van der Waals surface area contributed by atoms with Gasteiger partial charge in [-0.05, 0) is 41.8 Å². The molecule has 5 nitrogen and oxygen atoms in total. The van der Waals surface area contributed by atoms with Crippen LogP contribution in [-0.4, -0.2) is 17.7 Å². The Hall–Kier alpha value is -2.37. The third kappa shape index (κ3) is 4.59. The van der Waals surface area contributed by atoms with Crippen LogP contribution in [-0.2, 0) is 13.0 Å². The third-order valence-electron chi connectivity index (χ3n) is 3.03. The van der Waals surface area contributed by atoms with Gasteiger partial charge in [-0.15, -0.1) is 0 Å². The van der Waals surface area contributed by atoms with Gasteiger partial charge in [0.2, 0.25) is 0 Å². The smallest absolute Gasteiger partial charge is 0.323 e. The van der Waals surface area contributed by atoms with E-state index in [1.54, 1.807) is 12.1 Å². The number of carbonyl (C=O) groups excluding carboxylic acids is 1. The summed E-state index contributed by atoms with van der Waals surface area (Å²) in [5, 5.41) is 14.4. The minimum Gasteiger partial charge on any atom is -0.396 e. The summed E-state index contributed by atoms with van der Waals surface area (Å²) in [6.45, 7) is 0.550. The molecule has 110 valence electrons. The number of rotatable bonds is 5. The number of anilines is 2. The van der Waals surface area contributed by atoms with Crippen molar-refractivity contribution in [3.8, 4) is 0 Å². The van der Waals surface area contributed by atoms with Crippen molar-refractivity contribution in [3.05, 3.63) is 59.7 Å². The van der Waals surface area contributed by atoms with E-state index in [2.05, 4.69) is 10.6 Å². The fourth-order valence-electron chi connectivity index (χ4n) is 1.95. The van der Waals surface area contributed by atoms with E-state index < -0.39 is 0 Å². The Kier molecular flexibility index (Phi) is 5.31. The van der Waals surface area contributed by atoms with Crippen molar-refractivity contribution in [2.75, 3.05) is 17.2 Å². The van der Waals surface area contributed by atoms with Crippen molar-refractivity contribution in [2.24, 2.45) is 5.73 Å². The molecule has 2 aromatic rings. The number of benzene rings is 2. The molecule has 2 amide bonds. The van der Waals surface area contributed by atoms with E-state index in [4.69, 9.17) is 10.8 Å². The van der Waals surface area contributed by atoms with Crippen molar-refractivity contribution >= 4 is 17.4 Å².